The van der Waals surface area contributed by atoms with E-state index >= 15 is 0 Å². The zero-order valence-corrected chi connectivity index (χ0v) is 27.7. The Morgan fingerprint density at radius 1 is 0.717 bits per heavy atom. The third kappa shape index (κ3) is 5.30. The molecule has 6 aromatic rings. The number of aryl methyl sites for hydroxylation is 1. The van der Waals surface area contributed by atoms with Gasteiger partial charge in [-0.3, -0.25) is 11.3 Å². The lowest BCUT2D eigenvalue weighted by Crippen LogP contribution is -2.14. The van der Waals surface area contributed by atoms with Gasteiger partial charge in [0, 0.05) is 33.7 Å². The van der Waals surface area contributed by atoms with Crippen LogP contribution in [-0.2, 0) is 11.8 Å². The van der Waals surface area contributed by atoms with Crippen LogP contribution >= 0.6 is 0 Å². The van der Waals surface area contributed by atoms with Crippen LogP contribution in [0.5, 0.6) is 0 Å². The minimum absolute atomic E-state index is 0.0286. The van der Waals surface area contributed by atoms with Crippen LogP contribution in [0, 0.1) is 0 Å². The number of nitrogens with zero attached hydrogens (tertiary/aromatic N) is 1. The van der Waals surface area contributed by atoms with Crippen molar-refractivity contribution in [3.63, 3.8) is 0 Å². The van der Waals surface area contributed by atoms with Crippen LogP contribution in [0.3, 0.4) is 0 Å². The summed E-state index contributed by atoms with van der Waals surface area (Å²) in [6, 6.07) is 44.9. The molecule has 1 heterocycles. The summed E-state index contributed by atoms with van der Waals surface area (Å²) in [5, 5.41) is 1.39. The predicted octanol–water partition coefficient (Wildman–Crippen LogP) is 10.2. The molecular weight excluding hydrogens is 558 g/mol. The van der Waals surface area contributed by atoms with Crippen molar-refractivity contribution in [2.45, 2.75) is 51.9 Å². The molecule has 0 amide bonds. The lowest BCUT2D eigenvalue weighted by Gasteiger charge is -2.22. The van der Waals surface area contributed by atoms with Crippen LogP contribution in [0.1, 0.15) is 79.1 Å². The van der Waals surface area contributed by atoms with Crippen molar-refractivity contribution in [1.82, 2.24) is 9.99 Å². The third-order valence-electron chi connectivity index (χ3n) is 9.38. The van der Waals surface area contributed by atoms with E-state index in [-0.39, 0.29) is 11.3 Å². The number of allylic oxidation sites excluding steroid dienone is 1. The van der Waals surface area contributed by atoms with Crippen molar-refractivity contribution in [2.75, 3.05) is 7.05 Å². The lowest BCUT2D eigenvalue weighted by atomic mass is 9.82. The van der Waals surface area contributed by atoms with Crippen molar-refractivity contribution in [3.05, 3.63) is 166 Å². The third-order valence-corrected chi connectivity index (χ3v) is 9.38. The SMILES string of the molecule is CC.CC1(C)c2ccccc2-c2c1ccc1c3c(n(-c4cccc(C(c5ccccc5)c5ccccc5)c4)c21)C=CCC3.CNN. The van der Waals surface area contributed by atoms with Gasteiger partial charge in [-0.25, -0.2) is 0 Å². The van der Waals surface area contributed by atoms with Gasteiger partial charge in [-0.05, 0) is 77.0 Å². The highest BCUT2D eigenvalue weighted by molar-refractivity contribution is 6.05. The van der Waals surface area contributed by atoms with Crippen molar-refractivity contribution < 1.29 is 0 Å². The molecule has 2 aliphatic carbocycles. The molecule has 0 bridgehead atoms. The van der Waals surface area contributed by atoms with E-state index in [2.05, 4.69) is 163 Å². The molecule has 8 rings (SSSR count). The molecule has 0 unspecified atom stereocenters. The number of rotatable bonds is 4. The highest BCUT2D eigenvalue weighted by Crippen LogP contribution is 2.53. The first-order valence-electron chi connectivity index (χ1n) is 16.6. The quantitative estimate of drug-likeness (QED) is 0.120. The number of nitrogens with two attached hydrogens (primary N) is 1. The van der Waals surface area contributed by atoms with E-state index in [1.165, 1.54) is 66.8 Å². The first-order valence-corrected chi connectivity index (χ1v) is 16.6. The van der Waals surface area contributed by atoms with Gasteiger partial charge in [0.2, 0.25) is 0 Å². The van der Waals surface area contributed by atoms with E-state index in [4.69, 9.17) is 0 Å². The Hall–Kier alpha value is -4.70. The number of aromatic nitrogens is 1. The molecule has 3 heteroatoms. The molecule has 232 valence electrons. The second kappa shape index (κ2) is 13.3. The summed E-state index contributed by atoms with van der Waals surface area (Å²) in [6.45, 7) is 8.75. The molecule has 0 radical (unpaired) electrons. The van der Waals surface area contributed by atoms with Gasteiger partial charge in [0.25, 0.3) is 0 Å². The Morgan fingerprint density at radius 2 is 1.33 bits per heavy atom. The van der Waals surface area contributed by atoms with Crippen molar-refractivity contribution in [2.24, 2.45) is 5.84 Å². The fourth-order valence-corrected chi connectivity index (χ4v) is 7.49. The molecule has 2 aliphatic rings. The molecule has 46 heavy (non-hydrogen) atoms. The maximum atomic E-state index is 4.60. The number of benzene rings is 5. The number of hydrazine groups is 1. The molecule has 0 aliphatic heterocycles. The average molecular weight is 604 g/mol. The lowest BCUT2D eigenvalue weighted by molar-refractivity contribution is 0.661. The summed E-state index contributed by atoms with van der Waals surface area (Å²) < 4.78 is 2.56. The standard InChI is InChI=1S/C40H33N.C2H6.CH6N2/c1-40(2)34-22-11-9-21-33(34)38-35(40)25-24-32-31-20-10-12-23-36(31)41(39(32)38)30-19-13-18-29(26-30)37(27-14-5-3-6-15-27)28-16-7-4-8-17-28;1-2;1-3-2/h3-9,11-19,21-26,37H,10,20H2,1-2H3;1-2H3;3H,2H2,1H3. The van der Waals surface area contributed by atoms with E-state index in [1.54, 1.807) is 7.05 Å². The Balaban J connectivity index is 0.000000704. The summed E-state index contributed by atoms with van der Waals surface area (Å²) in [6.07, 6.45) is 6.87. The maximum Gasteiger partial charge on any atom is 0.0619 e. The highest BCUT2D eigenvalue weighted by atomic mass is 15.2. The summed E-state index contributed by atoms with van der Waals surface area (Å²) in [5.74, 6) is 4.76. The van der Waals surface area contributed by atoms with E-state index in [0.29, 0.717) is 0 Å². The number of fused-ring (bicyclic) bond motifs is 7. The molecule has 1 aromatic heterocycles. The van der Waals surface area contributed by atoms with E-state index < -0.39 is 0 Å². The monoisotopic (exact) mass is 603 g/mol. The Labute approximate surface area is 274 Å². The van der Waals surface area contributed by atoms with Crippen LogP contribution in [-0.4, -0.2) is 11.6 Å². The average Bonchev–Trinajstić information content (AvgIpc) is 3.56. The first kappa shape index (κ1) is 31.3. The normalized spacial score (nSPS) is 13.6. The predicted molar refractivity (Wildman–Crippen MR) is 197 cm³/mol. The second-order valence-electron chi connectivity index (χ2n) is 12.3. The van der Waals surface area contributed by atoms with Crippen LogP contribution in [0.2, 0.25) is 0 Å². The summed E-state index contributed by atoms with van der Waals surface area (Å²) >= 11 is 0. The van der Waals surface area contributed by atoms with Gasteiger partial charge in [-0.2, -0.15) is 0 Å². The van der Waals surface area contributed by atoms with Crippen LogP contribution in [0.4, 0.5) is 0 Å². The highest BCUT2D eigenvalue weighted by Gasteiger charge is 2.38. The van der Waals surface area contributed by atoms with E-state index in [0.717, 1.165) is 12.8 Å². The van der Waals surface area contributed by atoms with Gasteiger partial charge < -0.3 is 4.57 Å². The largest absolute Gasteiger partial charge is 0.309 e. The van der Waals surface area contributed by atoms with Gasteiger partial charge in [0.05, 0.1) is 5.52 Å². The van der Waals surface area contributed by atoms with Crippen LogP contribution in [0.25, 0.3) is 33.8 Å². The Kier molecular flexibility index (Phi) is 9.08. The molecule has 0 saturated carbocycles. The number of hydrogen-bond donors (Lipinski definition) is 2. The zero-order chi connectivity index (χ0) is 32.3. The minimum Gasteiger partial charge on any atom is -0.309 e. The second-order valence-corrected chi connectivity index (χ2v) is 12.3. The fraction of sp³-hybridized carbons (Fsp3) is 0.209. The van der Waals surface area contributed by atoms with Gasteiger partial charge in [0.15, 0.2) is 0 Å². The van der Waals surface area contributed by atoms with Crippen LogP contribution < -0.4 is 11.3 Å². The molecule has 0 spiro atoms. The Morgan fingerprint density at radius 3 is 2.00 bits per heavy atom. The molecule has 0 atom stereocenters. The number of hydrogen-bond acceptors (Lipinski definition) is 2. The van der Waals surface area contributed by atoms with Crippen molar-refractivity contribution in [3.8, 4) is 16.8 Å². The molecule has 5 aromatic carbocycles. The van der Waals surface area contributed by atoms with Crippen molar-refractivity contribution >= 4 is 17.0 Å². The first-order chi connectivity index (χ1) is 22.5. The Bertz CT molecular complexity index is 1940. The maximum absolute atomic E-state index is 4.60. The molecule has 0 fully saturated rings. The molecule has 3 nitrogen and oxygen atoms in total. The summed E-state index contributed by atoms with van der Waals surface area (Å²) in [4.78, 5) is 0. The topological polar surface area (TPSA) is 43.0 Å². The van der Waals surface area contributed by atoms with Gasteiger partial charge in [-0.15, -0.1) is 0 Å². The number of nitrogens with one attached hydrogen (secondary N) is 1. The van der Waals surface area contributed by atoms with Gasteiger partial charge in [-0.1, -0.05) is 143 Å². The smallest absolute Gasteiger partial charge is 0.0619 e. The molecular formula is C43H45N3. The molecule has 0 saturated heterocycles. The molecule has 3 N–H and O–H groups in total. The zero-order valence-electron chi connectivity index (χ0n) is 27.7. The summed E-state index contributed by atoms with van der Waals surface area (Å²) in [5.41, 5.74) is 17.2. The minimum atomic E-state index is -0.0286. The summed E-state index contributed by atoms with van der Waals surface area (Å²) in [7, 11) is 1.65. The van der Waals surface area contributed by atoms with Gasteiger partial charge in [0.1, 0.15) is 0 Å². The fourth-order valence-electron chi connectivity index (χ4n) is 7.49. The van der Waals surface area contributed by atoms with Gasteiger partial charge >= 0.3 is 0 Å². The van der Waals surface area contributed by atoms with E-state index in [1.807, 2.05) is 13.8 Å². The van der Waals surface area contributed by atoms with Crippen LogP contribution in [0.15, 0.2) is 127 Å². The van der Waals surface area contributed by atoms with E-state index in [9.17, 15) is 0 Å². The van der Waals surface area contributed by atoms with Crippen molar-refractivity contribution in [1.29, 1.82) is 0 Å².